The van der Waals surface area contributed by atoms with Gasteiger partial charge in [0.2, 0.25) is 0 Å². The van der Waals surface area contributed by atoms with E-state index < -0.39 is 11.8 Å². The third kappa shape index (κ3) is 5.01. The zero-order valence-electron chi connectivity index (χ0n) is 12.2. The maximum absolute atomic E-state index is 11.8. The molecule has 0 bridgehead atoms. The fourth-order valence-electron chi connectivity index (χ4n) is 1.89. The number of aliphatic hydroxyl groups is 1. The summed E-state index contributed by atoms with van der Waals surface area (Å²) >= 11 is 0. The van der Waals surface area contributed by atoms with Gasteiger partial charge in [0.05, 0.1) is 0 Å². The molecule has 0 fully saturated rings. The van der Waals surface area contributed by atoms with Gasteiger partial charge in [0.15, 0.2) is 0 Å². The van der Waals surface area contributed by atoms with Crippen LogP contribution in [-0.4, -0.2) is 29.6 Å². The largest absolute Gasteiger partial charge is 0.396 e. The van der Waals surface area contributed by atoms with Crippen molar-refractivity contribution < 1.29 is 14.7 Å². The van der Waals surface area contributed by atoms with E-state index in [1.54, 1.807) is 13.0 Å². The van der Waals surface area contributed by atoms with Crippen molar-refractivity contribution in [2.75, 3.05) is 11.9 Å². The molecule has 0 aliphatic carbocycles. The van der Waals surface area contributed by atoms with Gasteiger partial charge in [-0.2, -0.15) is 0 Å². The van der Waals surface area contributed by atoms with Crippen LogP contribution in [0.4, 0.5) is 5.69 Å². The Hall–Kier alpha value is -1.88. The van der Waals surface area contributed by atoms with Crippen molar-refractivity contribution in [3.63, 3.8) is 0 Å². The van der Waals surface area contributed by atoms with Crippen molar-refractivity contribution in [1.82, 2.24) is 5.32 Å². The Morgan fingerprint density at radius 3 is 2.55 bits per heavy atom. The standard InChI is InChI=1S/C15H22N2O3/c1-10-6-7-13(11(2)9-10)17-15(20)14(19)16-12(3)5-4-8-18/h6-7,9,12,18H,4-5,8H2,1-3H3,(H,16,19)(H,17,20). The van der Waals surface area contributed by atoms with E-state index in [1.165, 1.54) is 0 Å². The fourth-order valence-corrected chi connectivity index (χ4v) is 1.89. The molecule has 1 unspecified atom stereocenters. The highest BCUT2D eigenvalue weighted by molar-refractivity contribution is 6.39. The number of amides is 2. The van der Waals surface area contributed by atoms with Gasteiger partial charge in [-0.3, -0.25) is 9.59 Å². The summed E-state index contributed by atoms with van der Waals surface area (Å²) in [5.74, 6) is -1.33. The van der Waals surface area contributed by atoms with E-state index in [1.807, 2.05) is 26.0 Å². The maximum atomic E-state index is 11.8. The molecule has 1 atom stereocenters. The highest BCUT2D eigenvalue weighted by Crippen LogP contribution is 2.15. The van der Waals surface area contributed by atoms with Gasteiger partial charge in [-0.15, -0.1) is 0 Å². The smallest absolute Gasteiger partial charge is 0.313 e. The molecule has 1 rings (SSSR count). The molecular formula is C15H22N2O3. The molecule has 0 radical (unpaired) electrons. The number of aliphatic hydroxyl groups excluding tert-OH is 1. The number of nitrogens with one attached hydrogen (secondary N) is 2. The van der Waals surface area contributed by atoms with Gasteiger partial charge in [0, 0.05) is 18.3 Å². The van der Waals surface area contributed by atoms with Gasteiger partial charge in [-0.25, -0.2) is 0 Å². The molecule has 0 aromatic heterocycles. The van der Waals surface area contributed by atoms with Crippen LogP contribution in [0.5, 0.6) is 0 Å². The third-order valence-electron chi connectivity index (χ3n) is 3.01. The van der Waals surface area contributed by atoms with Crippen LogP contribution >= 0.6 is 0 Å². The molecule has 3 N–H and O–H groups in total. The number of hydrogen-bond donors (Lipinski definition) is 3. The predicted octanol–water partition coefficient (Wildman–Crippen LogP) is 1.52. The molecule has 110 valence electrons. The summed E-state index contributed by atoms with van der Waals surface area (Å²) in [6.45, 7) is 5.73. The second-order valence-electron chi connectivity index (χ2n) is 5.01. The molecule has 1 aromatic rings. The third-order valence-corrected chi connectivity index (χ3v) is 3.01. The van der Waals surface area contributed by atoms with Crippen molar-refractivity contribution in [2.45, 2.75) is 39.7 Å². The zero-order chi connectivity index (χ0) is 15.1. The molecule has 2 amide bonds. The van der Waals surface area contributed by atoms with Crippen LogP contribution in [0.15, 0.2) is 18.2 Å². The molecule has 0 saturated heterocycles. The van der Waals surface area contributed by atoms with Crippen molar-refractivity contribution >= 4 is 17.5 Å². The fraction of sp³-hybridized carbons (Fsp3) is 0.467. The van der Waals surface area contributed by atoms with Gasteiger partial charge in [0.25, 0.3) is 0 Å². The first-order valence-corrected chi connectivity index (χ1v) is 6.74. The average Bonchev–Trinajstić information content (AvgIpc) is 2.39. The number of anilines is 1. The van der Waals surface area contributed by atoms with E-state index in [0.717, 1.165) is 11.1 Å². The summed E-state index contributed by atoms with van der Waals surface area (Å²) in [6.07, 6.45) is 1.24. The lowest BCUT2D eigenvalue weighted by Gasteiger charge is -2.13. The summed E-state index contributed by atoms with van der Waals surface area (Å²) < 4.78 is 0. The zero-order valence-corrected chi connectivity index (χ0v) is 12.2. The molecule has 20 heavy (non-hydrogen) atoms. The van der Waals surface area contributed by atoms with E-state index >= 15 is 0 Å². The lowest BCUT2D eigenvalue weighted by atomic mass is 10.1. The van der Waals surface area contributed by atoms with Gasteiger partial charge in [-0.1, -0.05) is 17.7 Å². The molecule has 0 spiro atoms. The first-order chi connectivity index (χ1) is 9.43. The van der Waals surface area contributed by atoms with Crippen LogP contribution in [0, 0.1) is 13.8 Å². The van der Waals surface area contributed by atoms with E-state index in [0.29, 0.717) is 18.5 Å². The Morgan fingerprint density at radius 2 is 1.95 bits per heavy atom. The first-order valence-electron chi connectivity index (χ1n) is 6.74. The number of rotatable bonds is 5. The Labute approximate surface area is 119 Å². The molecule has 5 nitrogen and oxygen atoms in total. The average molecular weight is 278 g/mol. The second kappa shape index (κ2) is 7.65. The van der Waals surface area contributed by atoms with Crippen molar-refractivity contribution in [3.05, 3.63) is 29.3 Å². The lowest BCUT2D eigenvalue weighted by molar-refractivity contribution is -0.136. The van der Waals surface area contributed by atoms with Gasteiger partial charge in [0.1, 0.15) is 0 Å². The topological polar surface area (TPSA) is 78.4 Å². The first kappa shape index (κ1) is 16.2. The van der Waals surface area contributed by atoms with Crippen molar-refractivity contribution in [1.29, 1.82) is 0 Å². The predicted molar refractivity (Wildman–Crippen MR) is 78.5 cm³/mol. The van der Waals surface area contributed by atoms with Gasteiger partial charge >= 0.3 is 11.8 Å². The van der Waals surface area contributed by atoms with Crippen molar-refractivity contribution in [2.24, 2.45) is 0 Å². The minimum Gasteiger partial charge on any atom is -0.396 e. The highest BCUT2D eigenvalue weighted by Gasteiger charge is 2.16. The van der Waals surface area contributed by atoms with Gasteiger partial charge in [-0.05, 0) is 45.2 Å². The number of carbonyl (C=O) groups excluding carboxylic acids is 2. The summed E-state index contributed by atoms with van der Waals surface area (Å²) in [7, 11) is 0. The van der Waals surface area contributed by atoms with E-state index in [2.05, 4.69) is 10.6 Å². The van der Waals surface area contributed by atoms with Crippen LogP contribution < -0.4 is 10.6 Å². The van der Waals surface area contributed by atoms with Crippen LogP contribution in [0.3, 0.4) is 0 Å². The van der Waals surface area contributed by atoms with Crippen molar-refractivity contribution in [3.8, 4) is 0 Å². The molecule has 5 heteroatoms. The molecule has 0 heterocycles. The normalized spacial score (nSPS) is 11.8. The minimum atomic E-state index is -0.673. The summed E-state index contributed by atoms with van der Waals surface area (Å²) in [6, 6.07) is 5.46. The van der Waals surface area contributed by atoms with E-state index in [4.69, 9.17) is 5.11 Å². The second-order valence-corrected chi connectivity index (χ2v) is 5.01. The number of carbonyl (C=O) groups is 2. The van der Waals surface area contributed by atoms with Crippen LogP contribution in [0.2, 0.25) is 0 Å². The monoisotopic (exact) mass is 278 g/mol. The van der Waals surface area contributed by atoms with E-state index in [9.17, 15) is 9.59 Å². The van der Waals surface area contributed by atoms with Gasteiger partial charge < -0.3 is 15.7 Å². The van der Waals surface area contributed by atoms with Crippen LogP contribution in [0.25, 0.3) is 0 Å². The summed E-state index contributed by atoms with van der Waals surface area (Å²) in [5, 5.41) is 13.9. The Kier molecular flexibility index (Phi) is 6.18. The quantitative estimate of drug-likeness (QED) is 0.715. The minimum absolute atomic E-state index is 0.0783. The lowest BCUT2D eigenvalue weighted by Crippen LogP contribution is -2.40. The van der Waals surface area contributed by atoms with Crippen LogP contribution in [0.1, 0.15) is 30.9 Å². The SMILES string of the molecule is Cc1ccc(NC(=O)C(=O)NC(C)CCCO)c(C)c1. The highest BCUT2D eigenvalue weighted by atomic mass is 16.3. The number of benzene rings is 1. The summed E-state index contributed by atoms with van der Waals surface area (Å²) in [4.78, 5) is 23.5. The molecule has 1 aromatic carbocycles. The Balaban J connectivity index is 2.55. The Morgan fingerprint density at radius 1 is 1.25 bits per heavy atom. The molecule has 0 aliphatic rings. The molecular weight excluding hydrogens is 256 g/mol. The maximum Gasteiger partial charge on any atom is 0.313 e. The molecule has 0 saturated carbocycles. The van der Waals surface area contributed by atoms with E-state index in [-0.39, 0.29) is 12.6 Å². The number of hydrogen-bond acceptors (Lipinski definition) is 3. The summed E-state index contributed by atoms with van der Waals surface area (Å²) in [5.41, 5.74) is 2.65. The number of aryl methyl sites for hydroxylation is 2. The Bertz CT molecular complexity index is 486. The van der Waals surface area contributed by atoms with Crippen LogP contribution in [-0.2, 0) is 9.59 Å². The molecule has 0 aliphatic heterocycles.